The molecule has 38 heavy (non-hydrogen) atoms. The Labute approximate surface area is 223 Å². The molecule has 1 aliphatic heterocycles. The van der Waals surface area contributed by atoms with Crippen LogP contribution in [0.3, 0.4) is 0 Å². The zero-order valence-electron chi connectivity index (χ0n) is 20.2. The molecule has 6 rings (SSSR count). The molecule has 1 aliphatic rings. The van der Waals surface area contributed by atoms with Crippen LogP contribution in [0, 0.1) is 0 Å². The van der Waals surface area contributed by atoms with Crippen molar-refractivity contribution in [2.24, 2.45) is 4.99 Å². The number of fused-ring (bicyclic) bond motifs is 2. The van der Waals surface area contributed by atoms with Gasteiger partial charge in [0.05, 0.1) is 22.7 Å². The van der Waals surface area contributed by atoms with E-state index in [1.54, 1.807) is 29.2 Å². The van der Waals surface area contributed by atoms with E-state index in [9.17, 15) is 14.7 Å². The van der Waals surface area contributed by atoms with Crippen molar-refractivity contribution in [2.75, 3.05) is 0 Å². The first kappa shape index (κ1) is 23.7. The fourth-order valence-corrected chi connectivity index (χ4v) is 5.59. The van der Waals surface area contributed by atoms with E-state index in [2.05, 4.69) is 30.3 Å². The van der Waals surface area contributed by atoms with Crippen LogP contribution < -0.4 is 0 Å². The van der Waals surface area contributed by atoms with Crippen LogP contribution in [0.25, 0.3) is 27.6 Å². The van der Waals surface area contributed by atoms with Crippen molar-refractivity contribution in [3.63, 3.8) is 0 Å². The Morgan fingerprint density at radius 1 is 0.816 bits per heavy atom. The van der Waals surface area contributed by atoms with E-state index in [-0.39, 0.29) is 18.0 Å². The zero-order chi connectivity index (χ0) is 26.1. The molecule has 0 atom stereocenters. The van der Waals surface area contributed by atoms with Crippen LogP contribution in [0.1, 0.15) is 21.5 Å². The summed E-state index contributed by atoms with van der Waals surface area (Å²) in [6.07, 6.45) is 1.98. The van der Waals surface area contributed by atoms with Crippen molar-refractivity contribution in [3.05, 3.63) is 131 Å². The van der Waals surface area contributed by atoms with Gasteiger partial charge in [-0.15, -0.1) is 0 Å². The summed E-state index contributed by atoms with van der Waals surface area (Å²) in [5.74, 6) is -1.12. The third-order valence-corrected chi connectivity index (χ3v) is 7.51. The number of carbonyl (C=O) groups is 2. The Morgan fingerprint density at radius 3 is 2.05 bits per heavy atom. The second kappa shape index (κ2) is 10.00. The smallest absolute Gasteiger partial charge is 0.335 e. The Bertz CT molecular complexity index is 1710. The molecule has 0 spiro atoms. The molecule has 6 heteroatoms. The molecule has 1 heterocycles. The maximum Gasteiger partial charge on any atom is 0.335 e. The lowest BCUT2D eigenvalue weighted by Crippen LogP contribution is -2.28. The van der Waals surface area contributed by atoms with Crippen LogP contribution in [0.2, 0.25) is 0 Å². The van der Waals surface area contributed by atoms with E-state index >= 15 is 0 Å². The van der Waals surface area contributed by atoms with Crippen LogP contribution in [-0.2, 0) is 11.3 Å². The van der Waals surface area contributed by atoms with Crippen molar-refractivity contribution >= 4 is 62.1 Å². The Kier molecular flexibility index (Phi) is 6.23. The van der Waals surface area contributed by atoms with Gasteiger partial charge in [0.2, 0.25) is 0 Å². The average Bonchev–Trinajstić information content (AvgIpc) is 3.22. The van der Waals surface area contributed by atoms with E-state index in [1.807, 2.05) is 60.7 Å². The summed E-state index contributed by atoms with van der Waals surface area (Å²) in [6, 6.07) is 34.7. The van der Waals surface area contributed by atoms with Gasteiger partial charge >= 0.3 is 5.97 Å². The van der Waals surface area contributed by atoms with E-state index in [0.717, 1.165) is 38.4 Å². The number of aliphatic imine (C=N–C) groups is 1. The number of hydrogen-bond donors (Lipinski definition) is 1. The van der Waals surface area contributed by atoms with Gasteiger partial charge in [0.15, 0.2) is 5.17 Å². The fraction of sp³-hybridized carbons (Fsp3) is 0.0312. The quantitative estimate of drug-likeness (QED) is 0.195. The molecule has 0 aromatic heterocycles. The Balaban J connectivity index is 1.45. The second-order valence-electron chi connectivity index (χ2n) is 8.97. The van der Waals surface area contributed by atoms with Crippen LogP contribution >= 0.6 is 11.8 Å². The summed E-state index contributed by atoms with van der Waals surface area (Å²) in [7, 11) is 0. The zero-order valence-corrected chi connectivity index (χ0v) is 21.1. The minimum Gasteiger partial charge on any atom is -0.478 e. The van der Waals surface area contributed by atoms with Gasteiger partial charge in [-0.05, 0) is 80.8 Å². The minimum atomic E-state index is -0.983. The summed E-state index contributed by atoms with van der Waals surface area (Å²) in [5, 5.41) is 14.2. The van der Waals surface area contributed by atoms with Gasteiger partial charge in [0.25, 0.3) is 5.91 Å². The molecule has 1 saturated heterocycles. The number of thioether (sulfide) groups is 1. The molecular formula is C32H22N2O3S. The summed E-state index contributed by atoms with van der Waals surface area (Å²) >= 11 is 1.35. The first-order valence-electron chi connectivity index (χ1n) is 12.1. The van der Waals surface area contributed by atoms with Gasteiger partial charge in [-0.2, -0.15) is 0 Å². The highest BCUT2D eigenvalue weighted by Crippen LogP contribution is 2.38. The van der Waals surface area contributed by atoms with Crippen LogP contribution in [-0.4, -0.2) is 27.1 Å². The number of amidine groups is 1. The SMILES string of the molecule is O=C(O)c1ccc(CN2C(=O)/C(=C/c3c4ccccc4cc4ccccc34)SC2=Nc2ccccc2)cc1. The van der Waals surface area contributed by atoms with Gasteiger partial charge in [-0.1, -0.05) is 78.9 Å². The third-order valence-electron chi connectivity index (χ3n) is 6.50. The van der Waals surface area contributed by atoms with E-state index in [4.69, 9.17) is 4.99 Å². The number of carboxylic acids is 1. The molecule has 5 aromatic rings. The number of hydrogen-bond acceptors (Lipinski definition) is 4. The summed E-state index contributed by atoms with van der Waals surface area (Å²) in [6.45, 7) is 0.283. The van der Waals surface area contributed by atoms with Crippen LogP contribution in [0.15, 0.2) is 119 Å². The lowest BCUT2D eigenvalue weighted by molar-refractivity contribution is -0.122. The third kappa shape index (κ3) is 4.58. The number of benzene rings is 5. The number of nitrogens with zero attached hydrogens (tertiary/aromatic N) is 2. The standard InChI is InChI=1S/C32H22N2O3S/c35-30-29(19-28-26-12-6-4-8-23(26)18-24-9-5-7-13-27(24)28)38-32(33-25-10-2-1-3-11-25)34(30)20-21-14-16-22(17-15-21)31(36)37/h1-19H,20H2,(H,36,37)/b29-19-,33-32?. The highest BCUT2D eigenvalue weighted by atomic mass is 32.2. The molecule has 0 unspecified atom stereocenters. The number of para-hydroxylation sites is 1. The number of amides is 1. The van der Waals surface area contributed by atoms with Gasteiger partial charge in [-0.25, -0.2) is 9.79 Å². The van der Waals surface area contributed by atoms with Gasteiger partial charge < -0.3 is 5.11 Å². The van der Waals surface area contributed by atoms with E-state index in [0.29, 0.717) is 10.1 Å². The summed E-state index contributed by atoms with van der Waals surface area (Å²) < 4.78 is 0. The second-order valence-corrected chi connectivity index (χ2v) is 9.98. The predicted octanol–water partition coefficient (Wildman–Crippen LogP) is 7.50. The molecule has 0 radical (unpaired) electrons. The largest absolute Gasteiger partial charge is 0.478 e. The maximum atomic E-state index is 13.8. The fourth-order valence-electron chi connectivity index (χ4n) is 4.61. The van der Waals surface area contributed by atoms with Crippen LogP contribution in [0.5, 0.6) is 0 Å². The van der Waals surface area contributed by atoms with E-state index in [1.165, 1.54) is 11.8 Å². The Morgan fingerprint density at radius 2 is 1.42 bits per heavy atom. The predicted molar refractivity (Wildman–Crippen MR) is 155 cm³/mol. The molecule has 184 valence electrons. The van der Waals surface area contributed by atoms with Crippen molar-refractivity contribution in [1.29, 1.82) is 0 Å². The van der Waals surface area contributed by atoms with Crippen molar-refractivity contribution < 1.29 is 14.7 Å². The van der Waals surface area contributed by atoms with Gasteiger partial charge in [-0.3, -0.25) is 9.69 Å². The first-order chi connectivity index (χ1) is 18.6. The molecule has 1 N–H and O–H groups in total. The Hall–Kier alpha value is -4.68. The topological polar surface area (TPSA) is 70.0 Å². The summed E-state index contributed by atoms with van der Waals surface area (Å²) in [5.41, 5.74) is 2.78. The molecular weight excluding hydrogens is 492 g/mol. The maximum absolute atomic E-state index is 13.8. The molecule has 0 aliphatic carbocycles. The molecule has 5 nitrogen and oxygen atoms in total. The highest BCUT2D eigenvalue weighted by molar-refractivity contribution is 8.18. The molecule has 1 fully saturated rings. The molecule has 1 amide bonds. The number of carboxylic acid groups (broad SMARTS) is 1. The lowest BCUT2D eigenvalue weighted by atomic mass is 9.96. The number of carbonyl (C=O) groups excluding carboxylic acids is 1. The van der Waals surface area contributed by atoms with Gasteiger partial charge in [0, 0.05) is 0 Å². The lowest BCUT2D eigenvalue weighted by Gasteiger charge is -2.16. The number of aromatic carboxylic acids is 1. The molecule has 5 aromatic carbocycles. The average molecular weight is 515 g/mol. The summed E-state index contributed by atoms with van der Waals surface area (Å²) in [4.78, 5) is 32.1. The highest BCUT2D eigenvalue weighted by Gasteiger charge is 2.34. The van der Waals surface area contributed by atoms with Gasteiger partial charge in [0.1, 0.15) is 0 Å². The van der Waals surface area contributed by atoms with Crippen molar-refractivity contribution in [1.82, 2.24) is 4.90 Å². The first-order valence-corrected chi connectivity index (χ1v) is 13.0. The van der Waals surface area contributed by atoms with E-state index < -0.39 is 5.97 Å². The van der Waals surface area contributed by atoms with Crippen LogP contribution in [0.4, 0.5) is 5.69 Å². The van der Waals surface area contributed by atoms with Crippen molar-refractivity contribution in [3.8, 4) is 0 Å². The molecule has 0 bridgehead atoms. The monoisotopic (exact) mass is 514 g/mol. The minimum absolute atomic E-state index is 0.135. The molecule has 0 saturated carbocycles. The number of rotatable bonds is 5. The normalized spacial score (nSPS) is 15.7. The van der Waals surface area contributed by atoms with Crippen molar-refractivity contribution in [2.45, 2.75) is 6.54 Å².